The van der Waals surface area contributed by atoms with Gasteiger partial charge in [0.25, 0.3) is 5.56 Å². The second kappa shape index (κ2) is 8.45. The molecule has 4 aromatic rings. The average molecular weight is 449 g/mol. The van der Waals surface area contributed by atoms with Crippen molar-refractivity contribution in [1.29, 1.82) is 0 Å². The summed E-state index contributed by atoms with van der Waals surface area (Å²) in [4.78, 5) is 23.3. The first-order valence-electron chi connectivity index (χ1n) is 10.8. The molecule has 164 valence electrons. The Morgan fingerprint density at radius 1 is 1.16 bits per heavy atom. The number of nitrogens with zero attached hydrogens (tertiary/aromatic N) is 3. The highest BCUT2D eigenvalue weighted by atomic mass is 35.5. The molecule has 1 aromatic carbocycles. The van der Waals surface area contributed by atoms with Gasteiger partial charge in [-0.05, 0) is 49.2 Å². The van der Waals surface area contributed by atoms with Crippen LogP contribution in [0.4, 0.5) is 5.69 Å². The number of pyridine rings is 2. The summed E-state index contributed by atoms with van der Waals surface area (Å²) in [5.74, 6) is 0. The van der Waals surface area contributed by atoms with Crippen molar-refractivity contribution >= 4 is 28.3 Å². The number of hydrogen-bond donors (Lipinski definition) is 1. The lowest BCUT2D eigenvalue weighted by molar-refractivity contribution is 0.122. The molecule has 1 unspecified atom stereocenters. The molecule has 6 nitrogen and oxygen atoms in total. The number of benzene rings is 1. The van der Waals surface area contributed by atoms with Gasteiger partial charge in [-0.15, -0.1) is 0 Å². The molecule has 0 bridgehead atoms. The number of rotatable bonds is 4. The minimum absolute atomic E-state index is 0.0425. The van der Waals surface area contributed by atoms with Crippen LogP contribution < -0.4 is 10.5 Å². The molecule has 0 spiro atoms. The van der Waals surface area contributed by atoms with Crippen LogP contribution in [0.1, 0.15) is 24.2 Å². The maximum Gasteiger partial charge on any atom is 0.251 e. The quantitative estimate of drug-likeness (QED) is 0.487. The zero-order valence-electron chi connectivity index (χ0n) is 18.1. The third-order valence-electron chi connectivity index (χ3n) is 6.18. The van der Waals surface area contributed by atoms with E-state index >= 15 is 0 Å². The lowest BCUT2D eigenvalue weighted by atomic mass is 10.0. The highest BCUT2D eigenvalue weighted by molar-refractivity contribution is 6.30. The van der Waals surface area contributed by atoms with Crippen molar-refractivity contribution in [3.05, 3.63) is 81.5 Å². The average Bonchev–Trinajstić information content (AvgIpc) is 3.22. The standard InChI is InChI=1S/C25H25ClN4O2/c1-16-10-19(12-24(31)30(16)17(2)18-4-3-5-20(26)11-18)23-15-28-25-22(23)13-21(14-27-25)29-6-8-32-9-7-29/h3-5,10-15,17H,6-9H2,1-2H3,(H,27,28). The Hall–Kier alpha value is -3.09. The Morgan fingerprint density at radius 3 is 2.72 bits per heavy atom. The van der Waals surface area contributed by atoms with Gasteiger partial charge in [-0.25, -0.2) is 4.98 Å². The Morgan fingerprint density at radius 2 is 1.97 bits per heavy atom. The van der Waals surface area contributed by atoms with Gasteiger partial charge >= 0.3 is 0 Å². The minimum Gasteiger partial charge on any atom is -0.378 e. The summed E-state index contributed by atoms with van der Waals surface area (Å²) in [6, 6.07) is 13.5. The second-order valence-electron chi connectivity index (χ2n) is 8.22. The molecule has 1 aliphatic rings. The molecule has 1 N–H and O–H groups in total. The van der Waals surface area contributed by atoms with Crippen molar-refractivity contribution in [3.8, 4) is 11.1 Å². The van der Waals surface area contributed by atoms with E-state index in [0.717, 1.165) is 65.4 Å². The fraction of sp³-hybridized carbons (Fsp3) is 0.280. The number of hydrogen-bond acceptors (Lipinski definition) is 4. The summed E-state index contributed by atoms with van der Waals surface area (Å²) in [5.41, 5.74) is 5.60. The van der Waals surface area contributed by atoms with Crippen molar-refractivity contribution in [2.75, 3.05) is 31.2 Å². The van der Waals surface area contributed by atoms with Crippen molar-refractivity contribution in [3.63, 3.8) is 0 Å². The number of H-pyrrole nitrogens is 1. The van der Waals surface area contributed by atoms with E-state index in [-0.39, 0.29) is 11.6 Å². The van der Waals surface area contributed by atoms with Gasteiger partial charge in [0, 0.05) is 47.0 Å². The first kappa shape index (κ1) is 20.8. The summed E-state index contributed by atoms with van der Waals surface area (Å²) in [6.07, 6.45) is 3.82. The van der Waals surface area contributed by atoms with Crippen LogP contribution in [0.5, 0.6) is 0 Å². The molecule has 0 radical (unpaired) electrons. The molecule has 0 amide bonds. The Bertz CT molecular complexity index is 1340. The third-order valence-corrected chi connectivity index (χ3v) is 6.42. The van der Waals surface area contributed by atoms with E-state index in [2.05, 4.69) is 27.0 Å². The van der Waals surface area contributed by atoms with Gasteiger partial charge in [-0.2, -0.15) is 0 Å². The molecule has 1 aliphatic heterocycles. The van der Waals surface area contributed by atoms with Crippen LogP contribution in [0.25, 0.3) is 22.2 Å². The van der Waals surface area contributed by atoms with E-state index in [1.807, 2.05) is 50.5 Å². The number of nitrogens with one attached hydrogen (secondary N) is 1. The van der Waals surface area contributed by atoms with E-state index in [1.165, 1.54) is 0 Å². The Balaban J connectivity index is 1.54. The van der Waals surface area contributed by atoms with E-state index in [0.29, 0.717) is 5.02 Å². The van der Waals surface area contributed by atoms with Crippen LogP contribution in [-0.2, 0) is 4.74 Å². The maximum atomic E-state index is 13.2. The number of anilines is 1. The minimum atomic E-state index is -0.118. The topological polar surface area (TPSA) is 63.2 Å². The van der Waals surface area contributed by atoms with E-state index < -0.39 is 0 Å². The van der Waals surface area contributed by atoms with Crippen LogP contribution in [-0.4, -0.2) is 40.8 Å². The van der Waals surface area contributed by atoms with E-state index in [9.17, 15) is 4.79 Å². The smallest absolute Gasteiger partial charge is 0.251 e. The van der Waals surface area contributed by atoms with Gasteiger partial charge in [0.15, 0.2) is 0 Å². The Labute approximate surface area is 191 Å². The Kier molecular flexibility index (Phi) is 5.49. The maximum absolute atomic E-state index is 13.2. The number of ether oxygens (including phenoxy) is 1. The summed E-state index contributed by atoms with van der Waals surface area (Å²) in [6.45, 7) is 7.13. The molecular formula is C25H25ClN4O2. The summed E-state index contributed by atoms with van der Waals surface area (Å²) < 4.78 is 7.28. The number of halogens is 1. The molecule has 1 saturated heterocycles. The number of aromatic nitrogens is 3. The number of fused-ring (bicyclic) bond motifs is 1. The van der Waals surface area contributed by atoms with Gasteiger partial charge in [0.2, 0.25) is 0 Å². The van der Waals surface area contributed by atoms with Crippen LogP contribution in [0.15, 0.2) is 59.7 Å². The van der Waals surface area contributed by atoms with E-state index in [4.69, 9.17) is 16.3 Å². The van der Waals surface area contributed by atoms with Crippen LogP contribution in [0, 0.1) is 6.92 Å². The van der Waals surface area contributed by atoms with Gasteiger partial charge in [0.05, 0.1) is 31.1 Å². The van der Waals surface area contributed by atoms with Crippen molar-refractivity contribution < 1.29 is 4.74 Å². The molecule has 5 rings (SSSR count). The van der Waals surface area contributed by atoms with Crippen LogP contribution >= 0.6 is 11.6 Å². The number of morpholine rings is 1. The zero-order chi connectivity index (χ0) is 22.2. The molecule has 0 saturated carbocycles. The molecule has 1 fully saturated rings. The summed E-state index contributed by atoms with van der Waals surface area (Å²) >= 11 is 6.17. The fourth-order valence-electron chi connectivity index (χ4n) is 4.51. The predicted molar refractivity (Wildman–Crippen MR) is 129 cm³/mol. The largest absolute Gasteiger partial charge is 0.378 e. The van der Waals surface area contributed by atoms with Crippen molar-refractivity contribution in [2.24, 2.45) is 0 Å². The zero-order valence-corrected chi connectivity index (χ0v) is 18.9. The molecule has 32 heavy (non-hydrogen) atoms. The molecular weight excluding hydrogens is 424 g/mol. The van der Waals surface area contributed by atoms with Crippen LogP contribution in [0.3, 0.4) is 0 Å². The highest BCUT2D eigenvalue weighted by Crippen LogP contribution is 2.31. The fourth-order valence-corrected chi connectivity index (χ4v) is 4.70. The molecule has 1 atom stereocenters. The van der Waals surface area contributed by atoms with Crippen LogP contribution in [0.2, 0.25) is 5.02 Å². The SMILES string of the molecule is Cc1cc(-c2c[nH]c3ncc(N4CCOCC4)cc23)cc(=O)n1C(C)c1cccc(Cl)c1. The number of aryl methyl sites for hydroxylation is 1. The van der Waals surface area contributed by atoms with Gasteiger partial charge in [-0.3, -0.25) is 4.79 Å². The normalized spacial score (nSPS) is 15.3. The highest BCUT2D eigenvalue weighted by Gasteiger charge is 2.17. The van der Waals surface area contributed by atoms with Crippen molar-refractivity contribution in [2.45, 2.75) is 19.9 Å². The monoisotopic (exact) mass is 448 g/mol. The number of aromatic amines is 1. The molecule has 4 heterocycles. The lowest BCUT2D eigenvalue weighted by Crippen LogP contribution is -2.36. The van der Waals surface area contributed by atoms with Gasteiger partial charge in [-0.1, -0.05) is 23.7 Å². The van der Waals surface area contributed by atoms with Gasteiger partial charge < -0.3 is 19.2 Å². The van der Waals surface area contributed by atoms with E-state index in [1.54, 1.807) is 10.6 Å². The molecule has 0 aliphatic carbocycles. The first-order chi connectivity index (χ1) is 15.5. The molecule has 7 heteroatoms. The summed E-state index contributed by atoms with van der Waals surface area (Å²) in [5, 5.41) is 1.67. The molecule has 3 aromatic heterocycles. The first-order valence-corrected chi connectivity index (χ1v) is 11.2. The second-order valence-corrected chi connectivity index (χ2v) is 8.65. The van der Waals surface area contributed by atoms with Crippen molar-refractivity contribution in [1.82, 2.24) is 14.5 Å². The lowest BCUT2D eigenvalue weighted by Gasteiger charge is -2.28. The van der Waals surface area contributed by atoms with Gasteiger partial charge in [0.1, 0.15) is 5.65 Å². The predicted octanol–water partition coefficient (Wildman–Crippen LogP) is 4.80. The third kappa shape index (κ3) is 3.80. The summed E-state index contributed by atoms with van der Waals surface area (Å²) in [7, 11) is 0.